The molecule has 0 radical (unpaired) electrons. The second-order valence-corrected chi connectivity index (χ2v) is 6.55. The molecule has 3 heterocycles. The number of fused-ring (bicyclic) bond motifs is 3. The topological polar surface area (TPSA) is 32.3 Å². The lowest BCUT2D eigenvalue weighted by atomic mass is 9.84. The normalized spacial score (nSPS) is 28.8. The van der Waals surface area contributed by atoms with Gasteiger partial charge in [-0.25, -0.2) is 0 Å². The molecule has 20 heavy (non-hydrogen) atoms. The Hall–Kier alpha value is -1.13. The molecule has 3 nitrogen and oxygen atoms in total. The average Bonchev–Trinajstić information content (AvgIpc) is 2.48. The van der Waals surface area contributed by atoms with Gasteiger partial charge in [0.1, 0.15) is 0 Å². The molecule has 0 saturated carbocycles. The first-order valence-electron chi connectivity index (χ1n) is 7.17. The summed E-state index contributed by atoms with van der Waals surface area (Å²) in [4.78, 5) is 14.4. The molecule has 1 aromatic carbocycles. The Morgan fingerprint density at radius 2 is 1.95 bits per heavy atom. The average molecular weight is 335 g/mol. The van der Waals surface area contributed by atoms with E-state index in [9.17, 15) is 4.79 Å². The van der Waals surface area contributed by atoms with E-state index in [0.717, 1.165) is 16.6 Å². The van der Waals surface area contributed by atoms with E-state index in [1.54, 1.807) is 6.08 Å². The number of amides is 1. The van der Waals surface area contributed by atoms with Gasteiger partial charge in [-0.3, -0.25) is 4.79 Å². The van der Waals surface area contributed by atoms with Crippen LogP contribution in [0.5, 0.6) is 0 Å². The number of nitrogens with zero attached hydrogens (tertiary/aromatic N) is 1. The lowest BCUT2D eigenvalue weighted by molar-refractivity contribution is -0.118. The second kappa shape index (κ2) is 6.10. The molecule has 106 valence electrons. The van der Waals surface area contributed by atoms with E-state index in [1.165, 1.54) is 25.9 Å². The first-order valence-corrected chi connectivity index (χ1v) is 7.96. The van der Waals surface area contributed by atoms with Crippen molar-refractivity contribution in [1.82, 2.24) is 10.2 Å². The Kier molecular flexibility index (Phi) is 4.22. The molecule has 1 amide bonds. The fraction of sp³-hybridized carbons (Fsp3) is 0.438. The van der Waals surface area contributed by atoms with E-state index in [4.69, 9.17) is 0 Å². The summed E-state index contributed by atoms with van der Waals surface area (Å²) >= 11 is 3.40. The smallest absolute Gasteiger partial charge is 0.244 e. The van der Waals surface area contributed by atoms with Gasteiger partial charge in [-0.15, -0.1) is 0 Å². The summed E-state index contributed by atoms with van der Waals surface area (Å²) in [6, 6.07) is 8.26. The van der Waals surface area contributed by atoms with E-state index >= 15 is 0 Å². The predicted molar refractivity (Wildman–Crippen MR) is 84.3 cm³/mol. The van der Waals surface area contributed by atoms with Crippen LogP contribution >= 0.6 is 15.9 Å². The van der Waals surface area contributed by atoms with Crippen LogP contribution in [-0.2, 0) is 4.79 Å². The van der Waals surface area contributed by atoms with Gasteiger partial charge < -0.3 is 10.2 Å². The number of piperidine rings is 3. The lowest BCUT2D eigenvalue weighted by Crippen LogP contribution is -2.57. The van der Waals surface area contributed by atoms with Gasteiger partial charge in [0.25, 0.3) is 0 Å². The van der Waals surface area contributed by atoms with Crippen LogP contribution in [0.15, 0.2) is 34.8 Å². The van der Waals surface area contributed by atoms with Crippen LogP contribution in [0.4, 0.5) is 0 Å². The standard InChI is InChI=1S/C16H19BrN2O/c17-14-4-1-12(2-5-14)3-6-16(20)18-15-11-19-9-7-13(15)8-10-19/h1-6,13,15H,7-11H2,(H,18,20)/b6-3+. The van der Waals surface area contributed by atoms with Crippen molar-refractivity contribution in [3.8, 4) is 0 Å². The van der Waals surface area contributed by atoms with Crippen LogP contribution in [0.2, 0.25) is 0 Å². The minimum absolute atomic E-state index is 0.0201. The van der Waals surface area contributed by atoms with Gasteiger partial charge in [-0.2, -0.15) is 0 Å². The largest absolute Gasteiger partial charge is 0.348 e. The zero-order valence-corrected chi connectivity index (χ0v) is 13.0. The van der Waals surface area contributed by atoms with Crippen molar-refractivity contribution in [1.29, 1.82) is 0 Å². The van der Waals surface area contributed by atoms with E-state index in [-0.39, 0.29) is 5.91 Å². The molecule has 3 aliphatic rings. The Morgan fingerprint density at radius 1 is 1.25 bits per heavy atom. The number of carbonyl (C=O) groups is 1. The Labute approximate surface area is 128 Å². The Bertz CT molecular complexity index is 504. The fourth-order valence-corrected chi connectivity index (χ4v) is 3.37. The van der Waals surface area contributed by atoms with Gasteiger partial charge in [0.15, 0.2) is 0 Å². The number of nitrogens with one attached hydrogen (secondary N) is 1. The molecule has 4 heteroatoms. The van der Waals surface area contributed by atoms with Crippen LogP contribution in [-0.4, -0.2) is 36.5 Å². The van der Waals surface area contributed by atoms with Gasteiger partial charge in [0.05, 0.1) is 0 Å². The molecule has 3 fully saturated rings. The second-order valence-electron chi connectivity index (χ2n) is 5.64. The van der Waals surface area contributed by atoms with Crippen LogP contribution in [0.3, 0.4) is 0 Å². The zero-order chi connectivity index (χ0) is 13.9. The maximum Gasteiger partial charge on any atom is 0.244 e. The van der Waals surface area contributed by atoms with Crippen molar-refractivity contribution in [2.75, 3.05) is 19.6 Å². The van der Waals surface area contributed by atoms with Gasteiger partial charge in [-0.05, 0) is 55.6 Å². The molecule has 1 unspecified atom stereocenters. The molecule has 1 atom stereocenters. The first kappa shape index (κ1) is 13.8. The molecule has 4 rings (SSSR count). The van der Waals surface area contributed by atoms with Crippen LogP contribution in [0.1, 0.15) is 18.4 Å². The minimum Gasteiger partial charge on any atom is -0.348 e. The number of benzene rings is 1. The summed E-state index contributed by atoms with van der Waals surface area (Å²) < 4.78 is 1.05. The summed E-state index contributed by atoms with van der Waals surface area (Å²) in [5, 5.41) is 3.16. The minimum atomic E-state index is 0.0201. The molecular weight excluding hydrogens is 316 g/mol. The predicted octanol–water partition coefficient (Wildman–Crippen LogP) is 2.67. The summed E-state index contributed by atoms with van der Waals surface area (Å²) in [6.45, 7) is 3.42. The summed E-state index contributed by atoms with van der Waals surface area (Å²) in [7, 11) is 0. The molecule has 3 saturated heterocycles. The number of rotatable bonds is 3. The summed E-state index contributed by atoms with van der Waals surface area (Å²) in [6.07, 6.45) is 5.95. The van der Waals surface area contributed by atoms with E-state index < -0.39 is 0 Å². The third-order valence-electron chi connectivity index (χ3n) is 4.28. The van der Waals surface area contributed by atoms with E-state index in [0.29, 0.717) is 12.0 Å². The molecule has 2 bridgehead atoms. The molecule has 1 N–H and O–H groups in total. The highest BCUT2D eigenvalue weighted by Gasteiger charge is 2.34. The van der Waals surface area contributed by atoms with Crippen molar-refractivity contribution in [3.63, 3.8) is 0 Å². The summed E-state index contributed by atoms with van der Waals surface area (Å²) in [5.74, 6) is 0.691. The third kappa shape index (κ3) is 3.30. The number of hydrogen-bond donors (Lipinski definition) is 1. The lowest BCUT2D eigenvalue weighted by Gasteiger charge is -2.44. The van der Waals surface area contributed by atoms with Gasteiger partial charge in [0.2, 0.25) is 5.91 Å². The van der Waals surface area contributed by atoms with Crippen molar-refractivity contribution >= 4 is 27.9 Å². The SMILES string of the molecule is O=C(/C=C/c1ccc(Br)cc1)NC1CN2CCC1CC2. The Balaban J connectivity index is 1.55. The molecule has 0 spiro atoms. The van der Waals surface area contributed by atoms with Crippen molar-refractivity contribution < 1.29 is 4.79 Å². The number of carbonyl (C=O) groups excluding carboxylic acids is 1. The summed E-state index contributed by atoms with van der Waals surface area (Å²) in [5.41, 5.74) is 1.04. The number of hydrogen-bond acceptors (Lipinski definition) is 2. The van der Waals surface area contributed by atoms with Gasteiger partial charge >= 0.3 is 0 Å². The van der Waals surface area contributed by atoms with Crippen LogP contribution in [0, 0.1) is 5.92 Å². The van der Waals surface area contributed by atoms with Crippen molar-refractivity contribution in [2.45, 2.75) is 18.9 Å². The monoisotopic (exact) mass is 334 g/mol. The van der Waals surface area contributed by atoms with Gasteiger partial charge in [0, 0.05) is 23.1 Å². The number of halogens is 1. The molecule has 3 aliphatic heterocycles. The quantitative estimate of drug-likeness (QED) is 0.862. The van der Waals surface area contributed by atoms with E-state index in [1.807, 2.05) is 30.3 Å². The Morgan fingerprint density at radius 3 is 2.55 bits per heavy atom. The highest BCUT2D eigenvalue weighted by molar-refractivity contribution is 9.10. The van der Waals surface area contributed by atoms with Gasteiger partial charge in [-0.1, -0.05) is 28.1 Å². The molecule has 0 aliphatic carbocycles. The van der Waals surface area contributed by atoms with Crippen molar-refractivity contribution in [2.24, 2.45) is 5.92 Å². The highest BCUT2D eigenvalue weighted by Crippen LogP contribution is 2.27. The molecule has 1 aromatic rings. The van der Waals surface area contributed by atoms with Crippen LogP contribution < -0.4 is 5.32 Å². The maximum absolute atomic E-state index is 12.0. The first-order chi connectivity index (χ1) is 9.70. The molecule has 0 aromatic heterocycles. The third-order valence-corrected chi connectivity index (χ3v) is 4.81. The highest BCUT2D eigenvalue weighted by atomic mass is 79.9. The van der Waals surface area contributed by atoms with E-state index in [2.05, 4.69) is 26.1 Å². The van der Waals surface area contributed by atoms with Crippen LogP contribution in [0.25, 0.3) is 6.08 Å². The fourth-order valence-electron chi connectivity index (χ4n) is 3.11. The molecular formula is C16H19BrN2O. The van der Waals surface area contributed by atoms with Crippen molar-refractivity contribution in [3.05, 3.63) is 40.4 Å². The zero-order valence-electron chi connectivity index (χ0n) is 11.4. The maximum atomic E-state index is 12.0.